The summed E-state index contributed by atoms with van der Waals surface area (Å²) in [5.41, 5.74) is 3.01. The predicted octanol–water partition coefficient (Wildman–Crippen LogP) is 4.78. The lowest BCUT2D eigenvalue weighted by atomic mass is 10.1. The van der Waals surface area contributed by atoms with Crippen molar-refractivity contribution in [3.63, 3.8) is 0 Å². The van der Waals surface area contributed by atoms with E-state index in [1.807, 2.05) is 61.5 Å². The molecule has 3 rings (SSSR count). The minimum atomic E-state index is 0.317. The lowest BCUT2D eigenvalue weighted by Crippen LogP contribution is -1.78. The number of halogens is 1. The van der Waals surface area contributed by atoms with Gasteiger partial charge in [0.25, 0.3) is 5.89 Å². The van der Waals surface area contributed by atoms with E-state index < -0.39 is 0 Å². The van der Waals surface area contributed by atoms with Crippen LogP contribution in [0.4, 0.5) is 0 Å². The molecule has 21 heavy (non-hydrogen) atoms. The molecule has 0 saturated heterocycles. The monoisotopic (exact) mass is 296 g/mol. The summed E-state index contributed by atoms with van der Waals surface area (Å²) in [4.78, 5) is 0. The first-order valence-electron chi connectivity index (χ1n) is 6.55. The second-order valence-electron chi connectivity index (χ2n) is 4.68. The Balaban J connectivity index is 1.90. The molecule has 0 aliphatic carbocycles. The van der Waals surface area contributed by atoms with E-state index in [9.17, 15) is 0 Å². The van der Waals surface area contributed by atoms with E-state index in [-0.39, 0.29) is 0 Å². The molecule has 1 aromatic heterocycles. The fraction of sp³-hybridized carbons (Fsp3) is 0.0588. The van der Waals surface area contributed by atoms with Gasteiger partial charge in [0.05, 0.1) is 0 Å². The molecule has 1 heterocycles. The van der Waals surface area contributed by atoms with Gasteiger partial charge in [-0.25, -0.2) is 0 Å². The summed E-state index contributed by atoms with van der Waals surface area (Å²) < 4.78 is 5.64. The van der Waals surface area contributed by atoms with E-state index in [0.29, 0.717) is 16.8 Å². The van der Waals surface area contributed by atoms with Crippen molar-refractivity contribution < 1.29 is 4.42 Å². The Morgan fingerprint density at radius 2 is 1.86 bits per heavy atom. The Morgan fingerprint density at radius 3 is 2.62 bits per heavy atom. The molecule has 0 unspecified atom stereocenters. The van der Waals surface area contributed by atoms with Crippen molar-refractivity contribution in [3.8, 4) is 11.5 Å². The summed E-state index contributed by atoms with van der Waals surface area (Å²) in [5, 5.41) is 8.47. The zero-order valence-electron chi connectivity index (χ0n) is 11.5. The van der Waals surface area contributed by atoms with Gasteiger partial charge in [0.1, 0.15) is 5.03 Å². The van der Waals surface area contributed by atoms with Crippen LogP contribution in [0.1, 0.15) is 17.0 Å². The molecule has 0 spiro atoms. The number of hydrogen-bond donors (Lipinski definition) is 0. The van der Waals surface area contributed by atoms with Gasteiger partial charge in [0.15, 0.2) is 0 Å². The summed E-state index contributed by atoms with van der Waals surface area (Å²) in [5.74, 6) is 0.783. The molecule has 0 fully saturated rings. The molecular formula is C17H13ClN2O. The number of hydrogen-bond acceptors (Lipinski definition) is 3. The Labute approximate surface area is 127 Å². The molecule has 0 aliphatic heterocycles. The van der Waals surface area contributed by atoms with E-state index in [1.165, 1.54) is 0 Å². The van der Waals surface area contributed by atoms with Crippen LogP contribution in [0.15, 0.2) is 59.0 Å². The van der Waals surface area contributed by atoms with Crippen molar-refractivity contribution in [2.24, 2.45) is 0 Å². The first-order valence-corrected chi connectivity index (χ1v) is 6.93. The van der Waals surface area contributed by atoms with Crippen molar-refractivity contribution in [1.82, 2.24) is 10.2 Å². The normalized spacial score (nSPS) is 11.6. The van der Waals surface area contributed by atoms with E-state index in [0.717, 1.165) is 16.7 Å². The number of nitrogens with zero attached hydrogens (tertiary/aromatic N) is 2. The van der Waals surface area contributed by atoms with E-state index in [4.69, 9.17) is 16.0 Å². The minimum absolute atomic E-state index is 0.317. The zero-order chi connectivity index (χ0) is 14.7. The van der Waals surface area contributed by atoms with Crippen LogP contribution in [-0.2, 0) is 0 Å². The molecule has 0 aliphatic rings. The van der Waals surface area contributed by atoms with Crippen LogP contribution in [0.3, 0.4) is 0 Å². The average Bonchev–Trinajstić information content (AvgIpc) is 2.98. The van der Waals surface area contributed by atoms with Crippen molar-refractivity contribution in [3.05, 3.63) is 71.6 Å². The summed E-state index contributed by atoms with van der Waals surface area (Å²) in [6.45, 7) is 2.02. The third-order valence-corrected chi connectivity index (χ3v) is 3.26. The Morgan fingerprint density at radius 1 is 1.05 bits per heavy atom. The van der Waals surface area contributed by atoms with Crippen LogP contribution in [0.2, 0.25) is 0 Å². The van der Waals surface area contributed by atoms with E-state index >= 15 is 0 Å². The average molecular weight is 297 g/mol. The maximum Gasteiger partial charge on any atom is 0.259 e. The summed E-state index contributed by atoms with van der Waals surface area (Å²) >= 11 is 6.24. The van der Waals surface area contributed by atoms with Gasteiger partial charge in [-0.2, -0.15) is 0 Å². The Bertz CT molecular complexity index is 778. The summed E-state index contributed by atoms with van der Waals surface area (Å²) in [6.07, 6.45) is 1.80. The predicted molar refractivity (Wildman–Crippen MR) is 84.6 cm³/mol. The van der Waals surface area contributed by atoms with Crippen molar-refractivity contribution >= 4 is 22.7 Å². The Hall–Kier alpha value is -2.39. The van der Waals surface area contributed by atoms with E-state index in [1.54, 1.807) is 6.08 Å². The molecule has 0 bridgehead atoms. The molecule has 0 radical (unpaired) electrons. The molecule has 0 N–H and O–H groups in total. The summed E-state index contributed by atoms with van der Waals surface area (Å²) in [7, 11) is 0. The van der Waals surface area contributed by atoms with Crippen molar-refractivity contribution in [2.75, 3.05) is 0 Å². The van der Waals surface area contributed by atoms with Crippen molar-refractivity contribution in [1.29, 1.82) is 0 Å². The van der Waals surface area contributed by atoms with Gasteiger partial charge >= 0.3 is 0 Å². The van der Waals surface area contributed by atoms with Crippen LogP contribution in [0.5, 0.6) is 0 Å². The quantitative estimate of drug-likeness (QED) is 0.698. The number of aryl methyl sites for hydroxylation is 1. The maximum absolute atomic E-state index is 6.24. The van der Waals surface area contributed by atoms with Gasteiger partial charge in [-0.3, -0.25) is 0 Å². The third-order valence-electron chi connectivity index (χ3n) is 2.99. The first kappa shape index (κ1) is 13.6. The fourth-order valence-corrected chi connectivity index (χ4v) is 2.17. The molecule has 0 atom stereocenters. The largest absolute Gasteiger partial charge is 0.415 e. The third kappa shape index (κ3) is 3.20. The van der Waals surface area contributed by atoms with Gasteiger partial charge in [-0.1, -0.05) is 59.6 Å². The highest BCUT2D eigenvalue weighted by molar-refractivity contribution is 6.50. The minimum Gasteiger partial charge on any atom is -0.415 e. The lowest BCUT2D eigenvalue weighted by molar-refractivity contribution is 0.556. The lowest BCUT2D eigenvalue weighted by Gasteiger charge is -1.96. The number of rotatable bonds is 3. The van der Waals surface area contributed by atoms with Crippen LogP contribution in [0, 0.1) is 6.92 Å². The van der Waals surface area contributed by atoms with Gasteiger partial charge < -0.3 is 4.42 Å². The standard InChI is InChI=1S/C17H13ClN2O/c1-12-6-5-9-14(10-12)16-19-20-17(21-16)15(18)11-13-7-3-2-4-8-13/h2-11H,1H3/b15-11-. The molecule has 104 valence electrons. The van der Waals surface area contributed by atoms with Crippen LogP contribution in [0.25, 0.3) is 22.6 Å². The maximum atomic E-state index is 6.24. The SMILES string of the molecule is Cc1cccc(-c2nnc(/C(Cl)=C/c3ccccc3)o2)c1. The van der Waals surface area contributed by atoms with Crippen LogP contribution in [-0.4, -0.2) is 10.2 Å². The molecule has 4 heteroatoms. The van der Waals surface area contributed by atoms with Crippen LogP contribution >= 0.6 is 11.6 Å². The first-order chi connectivity index (χ1) is 10.2. The molecule has 2 aromatic carbocycles. The number of benzene rings is 2. The highest BCUT2D eigenvalue weighted by Crippen LogP contribution is 2.25. The zero-order valence-corrected chi connectivity index (χ0v) is 12.2. The van der Waals surface area contributed by atoms with Gasteiger partial charge in [0, 0.05) is 5.56 Å². The molecule has 0 saturated carbocycles. The fourth-order valence-electron chi connectivity index (χ4n) is 1.97. The topological polar surface area (TPSA) is 38.9 Å². The summed E-state index contributed by atoms with van der Waals surface area (Å²) in [6, 6.07) is 17.7. The molecular weight excluding hydrogens is 284 g/mol. The van der Waals surface area contributed by atoms with Gasteiger partial charge in [-0.15, -0.1) is 10.2 Å². The Kier molecular flexibility index (Phi) is 3.84. The number of aromatic nitrogens is 2. The van der Waals surface area contributed by atoms with Crippen molar-refractivity contribution in [2.45, 2.75) is 6.92 Å². The van der Waals surface area contributed by atoms with Gasteiger partial charge in [-0.05, 0) is 30.7 Å². The van der Waals surface area contributed by atoms with E-state index in [2.05, 4.69) is 10.2 Å². The smallest absolute Gasteiger partial charge is 0.259 e. The molecule has 3 nitrogen and oxygen atoms in total. The molecule has 0 amide bonds. The second-order valence-corrected chi connectivity index (χ2v) is 5.09. The van der Waals surface area contributed by atoms with Crippen LogP contribution < -0.4 is 0 Å². The van der Waals surface area contributed by atoms with Gasteiger partial charge in [0.2, 0.25) is 5.89 Å². The molecule has 3 aromatic rings. The highest BCUT2D eigenvalue weighted by atomic mass is 35.5. The highest BCUT2D eigenvalue weighted by Gasteiger charge is 2.11. The second kappa shape index (κ2) is 5.94.